The zero-order chi connectivity index (χ0) is 15.8. The van der Waals surface area contributed by atoms with Crippen LogP contribution < -0.4 is 5.73 Å². The van der Waals surface area contributed by atoms with Gasteiger partial charge in [-0.3, -0.25) is 4.79 Å². The Balaban J connectivity index is 0.00000242. The van der Waals surface area contributed by atoms with E-state index in [1.165, 1.54) is 4.90 Å². The van der Waals surface area contributed by atoms with Gasteiger partial charge in [-0.15, -0.1) is 12.4 Å². The van der Waals surface area contributed by atoms with Crippen LogP contribution in [-0.4, -0.2) is 29.9 Å². The number of carbonyl (C=O) groups excluding carboxylic acids is 1. The fraction of sp³-hybridized carbons (Fsp3) is 0.500. The second kappa shape index (κ2) is 6.83. The molecule has 2 atom stereocenters. The van der Waals surface area contributed by atoms with Gasteiger partial charge in [-0.05, 0) is 31.4 Å². The molecule has 3 nitrogen and oxygen atoms in total. The summed E-state index contributed by atoms with van der Waals surface area (Å²) >= 11 is 0. The molecule has 0 saturated carbocycles. The van der Waals surface area contributed by atoms with Crippen LogP contribution >= 0.6 is 12.4 Å². The van der Waals surface area contributed by atoms with Crippen LogP contribution in [0.4, 0.5) is 17.6 Å². The first-order valence-electron chi connectivity index (χ1n) is 6.62. The van der Waals surface area contributed by atoms with Gasteiger partial charge < -0.3 is 10.6 Å². The largest absolute Gasteiger partial charge is 0.419 e. The lowest BCUT2D eigenvalue weighted by Gasteiger charge is -2.19. The van der Waals surface area contributed by atoms with Crippen molar-refractivity contribution >= 4 is 18.3 Å². The van der Waals surface area contributed by atoms with Crippen LogP contribution in [0.3, 0.4) is 0 Å². The Bertz CT molecular complexity index is 548. The minimum Gasteiger partial charge on any atom is -0.338 e. The fourth-order valence-electron chi connectivity index (χ4n) is 2.49. The summed E-state index contributed by atoms with van der Waals surface area (Å²) in [7, 11) is 0. The van der Waals surface area contributed by atoms with Gasteiger partial charge in [-0.1, -0.05) is 6.07 Å². The number of carbonyl (C=O) groups is 1. The Morgan fingerprint density at radius 1 is 1.41 bits per heavy atom. The van der Waals surface area contributed by atoms with Crippen molar-refractivity contribution in [2.24, 2.45) is 11.7 Å². The lowest BCUT2D eigenvalue weighted by molar-refractivity contribution is -0.140. The van der Waals surface area contributed by atoms with Crippen molar-refractivity contribution in [1.29, 1.82) is 0 Å². The van der Waals surface area contributed by atoms with Crippen molar-refractivity contribution < 1.29 is 22.4 Å². The predicted molar refractivity (Wildman–Crippen MR) is 76.3 cm³/mol. The third-order valence-electron chi connectivity index (χ3n) is 3.79. The van der Waals surface area contributed by atoms with E-state index in [0.717, 1.165) is 12.1 Å². The summed E-state index contributed by atoms with van der Waals surface area (Å²) in [4.78, 5) is 13.5. The maximum absolute atomic E-state index is 13.9. The van der Waals surface area contributed by atoms with Crippen molar-refractivity contribution in [1.82, 2.24) is 4.90 Å². The lowest BCUT2D eigenvalue weighted by Crippen LogP contribution is -2.33. The molecule has 2 N–H and O–H groups in total. The van der Waals surface area contributed by atoms with Gasteiger partial charge in [0, 0.05) is 19.1 Å². The molecular weight excluding hydrogens is 324 g/mol. The van der Waals surface area contributed by atoms with E-state index in [1.807, 2.05) is 6.92 Å². The molecule has 0 radical (unpaired) electrons. The van der Waals surface area contributed by atoms with Crippen LogP contribution in [0.2, 0.25) is 0 Å². The average molecular weight is 341 g/mol. The fourth-order valence-corrected chi connectivity index (χ4v) is 2.49. The molecule has 1 saturated heterocycles. The molecule has 22 heavy (non-hydrogen) atoms. The molecule has 1 aliphatic rings. The first-order valence-corrected chi connectivity index (χ1v) is 6.62. The molecule has 8 heteroatoms. The molecular formula is C14H17ClF4N2O. The molecule has 0 aromatic heterocycles. The summed E-state index contributed by atoms with van der Waals surface area (Å²) in [6, 6.07) is 2.62. The molecule has 124 valence electrons. The number of hydrogen-bond donors (Lipinski definition) is 1. The number of amides is 1. The Morgan fingerprint density at radius 3 is 2.55 bits per heavy atom. The summed E-state index contributed by atoms with van der Waals surface area (Å²) in [5.74, 6) is -2.15. The van der Waals surface area contributed by atoms with Gasteiger partial charge in [0.05, 0.1) is 11.1 Å². The van der Waals surface area contributed by atoms with E-state index in [4.69, 9.17) is 5.73 Å². The number of nitrogens with zero attached hydrogens (tertiary/aromatic N) is 1. The van der Waals surface area contributed by atoms with Gasteiger partial charge in [0.15, 0.2) is 0 Å². The summed E-state index contributed by atoms with van der Waals surface area (Å²) in [6.45, 7) is 2.52. The standard InChI is InChI=1S/C14H16F4N2O.ClH/c1-8(19)9-5-6-20(7-9)13(21)10-3-2-4-11(12(10)15)14(16,17)18;/h2-4,8-9H,5-7,19H2,1H3;1H. The maximum Gasteiger partial charge on any atom is 0.419 e. The number of hydrogen-bond acceptors (Lipinski definition) is 2. The van der Waals surface area contributed by atoms with Crippen LogP contribution in [0.15, 0.2) is 18.2 Å². The molecule has 1 amide bonds. The topological polar surface area (TPSA) is 46.3 Å². The molecule has 2 unspecified atom stereocenters. The number of likely N-dealkylation sites (tertiary alicyclic amines) is 1. The first-order chi connectivity index (χ1) is 9.71. The third-order valence-corrected chi connectivity index (χ3v) is 3.79. The number of halogens is 5. The third kappa shape index (κ3) is 3.70. The van der Waals surface area contributed by atoms with Gasteiger partial charge in [-0.25, -0.2) is 4.39 Å². The number of nitrogens with two attached hydrogens (primary N) is 1. The molecule has 1 fully saturated rings. The van der Waals surface area contributed by atoms with Gasteiger partial charge in [0.1, 0.15) is 5.82 Å². The highest BCUT2D eigenvalue weighted by Gasteiger charge is 2.37. The summed E-state index contributed by atoms with van der Waals surface area (Å²) in [5.41, 5.74) is 3.78. The molecule has 0 aliphatic carbocycles. The molecule has 2 rings (SSSR count). The molecule has 1 aromatic rings. The summed E-state index contributed by atoms with van der Waals surface area (Å²) in [5, 5.41) is 0. The Kier molecular flexibility index (Phi) is 5.81. The molecule has 1 aromatic carbocycles. The van der Waals surface area contributed by atoms with E-state index in [1.54, 1.807) is 0 Å². The molecule has 0 bridgehead atoms. The lowest BCUT2D eigenvalue weighted by atomic mass is 10.0. The van der Waals surface area contributed by atoms with Crippen LogP contribution in [0.25, 0.3) is 0 Å². The first kappa shape index (κ1) is 18.7. The van der Waals surface area contributed by atoms with Gasteiger partial charge in [0.2, 0.25) is 0 Å². The summed E-state index contributed by atoms with van der Waals surface area (Å²) < 4.78 is 51.9. The van der Waals surface area contributed by atoms with E-state index >= 15 is 0 Å². The van der Waals surface area contributed by atoms with Crippen LogP contribution in [0, 0.1) is 11.7 Å². The van der Waals surface area contributed by atoms with Gasteiger partial charge in [0.25, 0.3) is 5.91 Å². The van der Waals surface area contributed by atoms with Crippen LogP contribution in [0.5, 0.6) is 0 Å². The zero-order valence-electron chi connectivity index (χ0n) is 11.9. The summed E-state index contributed by atoms with van der Waals surface area (Å²) in [6.07, 6.45) is -4.15. The SMILES string of the molecule is CC(N)C1CCN(C(=O)c2cccc(C(F)(F)F)c2F)C1.Cl. The van der Waals surface area contributed by atoms with Crippen LogP contribution in [-0.2, 0) is 6.18 Å². The minimum atomic E-state index is -4.82. The number of rotatable bonds is 2. The van der Waals surface area contributed by atoms with Crippen molar-refractivity contribution in [2.45, 2.75) is 25.6 Å². The van der Waals surface area contributed by atoms with E-state index in [0.29, 0.717) is 25.6 Å². The maximum atomic E-state index is 13.9. The molecule has 1 aliphatic heterocycles. The molecule has 0 spiro atoms. The van der Waals surface area contributed by atoms with E-state index in [2.05, 4.69) is 0 Å². The van der Waals surface area contributed by atoms with E-state index < -0.39 is 29.0 Å². The Labute approximate surface area is 131 Å². The minimum absolute atomic E-state index is 0. The Morgan fingerprint density at radius 2 is 2.05 bits per heavy atom. The van der Waals surface area contributed by atoms with Crippen molar-refractivity contribution in [3.8, 4) is 0 Å². The highest BCUT2D eigenvalue weighted by molar-refractivity contribution is 5.95. The monoisotopic (exact) mass is 340 g/mol. The quantitative estimate of drug-likeness (QED) is 0.841. The van der Waals surface area contributed by atoms with Gasteiger partial charge in [-0.2, -0.15) is 13.2 Å². The number of benzene rings is 1. The highest BCUT2D eigenvalue weighted by atomic mass is 35.5. The Hall–Kier alpha value is -1.34. The average Bonchev–Trinajstić information content (AvgIpc) is 2.86. The smallest absolute Gasteiger partial charge is 0.338 e. The van der Waals surface area contributed by atoms with Crippen molar-refractivity contribution in [3.05, 3.63) is 35.1 Å². The normalized spacial score (nSPS) is 19.7. The van der Waals surface area contributed by atoms with E-state index in [9.17, 15) is 22.4 Å². The van der Waals surface area contributed by atoms with Gasteiger partial charge >= 0.3 is 6.18 Å². The highest BCUT2D eigenvalue weighted by Crippen LogP contribution is 2.33. The van der Waals surface area contributed by atoms with Crippen molar-refractivity contribution in [3.63, 3.8) is 0 Å². The second-order valence-electron chi connectivity index (χ2n) is 5.32. The molecule has 1 heterocycles. The number of alkyl halides is 3. The predicted octanol–water partition coefficient (Wildman–Crippen LogP) is 3.08. The van der Waals surface area contributed by atoms with Crippen molar-refractivity contribution in [2.75, 3.05) is 13.1 Å². The zero-order valence-corrected chi connectivity index (χ0v) is 12.7. The van der Waals surface area contributed by atoms with E-state index in [-0.39, 0.29) is 24.4 Å². The van der Waals surface area contributed by atoms with Crippen LogP contribution in [0.1, 0.15) is 29.3 Å². The second-order valence-corrected chi connectivity index (χ2v) is 5.32.